The molecule has 0 aliphatic carbocycles. The van der Waals surface area contributed by atoms with Crippen molar-refractivity contribution < 1.29 is 18.0 Å². The van der Waals surface area contributed by atoms with Crippen molar-refractivity contribution in [3.63, 3.8) is 0 Å². The Morgan fingerprint density at radius 1 is 1.15 bits per heavy atom. The number of carbonyl (C=O) groups excluding carboxylic acids is 1. The first-order chi connectivity index (χ1) is 16.3. The summed E-state index contributed by atoms with van der Waals surface area (Å²) in [6.07, 6.45) is 6.22. The Morgan fingerprint density at radius 2 is 1.91 bits per heavy atom. The van der Waals surface area contributed by atoms with Crippen molar-refractivity contribution in [2.24, 2.45) is 7.05 Å². The van der Waals surface area contributed by atoms with E-state index in [0.29, 0.717) is 34.2 Å². The summed E-state index contributed by atoms with van der Waals surface area (Å²) in [5.41, 5.74) is 3.34. The molecule has 0 N–H and O–H groups in total. The molecular weight excluding hydrogens is 467 g/mol. The summed E-state index contributed by atoms with van der Waals surface area (Å²) in [7, 11) is 1.69. The van der Waals surface area contributed by atoms with E-state index in [-0.39, 0.29) is 23.6 Å². The summed E-state index contributed by atoms with van der Waals surface area (Å²) >= 11 is 6.06. The summed E-state index contributed by atoms with van der Waals surface area (Å²) in [6, 6.07) is 5.00. The average molecular weight is 486 g/mol. The first-order valence-electron chi connectivity index (χ1n) is 11.0. The highest BCUT2D eigenvalue weighted by atomic mass is 35.5. The Kier molecular flexibility index (Phi) is 4.74. The number of aromatic nitrogens is 4. The van der Waals surface area contributed by atoms with Crippen LogP contribution in [-0.2, 0) is 13.5 Å². The molecule has 174 valence electrons. The lowest BCUT2D eigenvalue weighted by molar-refractivity contribution is 0.0385. The molecule has 0 unspecified atom stereocenters. The summed E-state index contributed by atoms with van der Waals surface area (Å²) in [6.45, 7) is 0. The van der Waals surface area contributed by atoms with Gasteiger partial charge in [0, 0.05) is 41.5 Å². The number of carbonyl (C=O) groups is 1. The van der Waals surface area contributed by atoms with Gasteiger partial charge in [-0.25, -0.2) is 18.2 Å². The predicted molar refractivity (Wildman–Crippen MR) is 119 cm³/mol. The average Bonchev–Trinajstić information content (AvgIpc) is 3.36. The molecule has 2 bridgehead atoms. The number of fused-ring (bicyclic) bond motifs is 5. The Bertz CT molecular complexity index is 1460. The van der Waals surface area contributed by atoms with Gasteiger partial charge < -0.3 is 4.90 Å². The summed E-state index contributed by atoms with van der Waals surface area (Å²) in [5, 5.41) is 5.20. The molecule has 6 rings (SSSR count). The van der Waals surface area contributed by atoms with E-state index in [4.69, 9.17) is 11.6 Å². The van der Waals surface area contributed by atoms with Crippen LogP contribution in [0.5, 0.6) is 0 Å². The largest absolute Gasteiger partial charge is 0.325 e. The van der Waals surface area contributed by atoms with Crippen LogP contribution in [0.4, 0.5) is 13.2 Å². The highest BCUT2D eigenvalue weighted by Gasteiger charge is 2.44. The molecular formula is C24H19ClF3N5O. The van der Waals surface area contributed by atoms with Crippen LogP contribution in [-0.4, -0.2) is 36.0 Å². The zero-order valence-electron chi connectivity index (χ0n) is 18.1. The number of imidazole rings is 1. The van der Waals surface area contributed by atoms with Crippen LogP contribution in [0.1, 0.15) is 47.1 Å². The van der Waals surface area contributed by atoms with Crippen molar-refractivity contribution in [1.29, 1.82) is 0 Å². The number of amides is 1. The zero-order chi connectivity index (χ0) is 23.7. The maximum Gasteiger partial charge on any atom is 0.273 e. The second-order valence-electron chi connectivity index (χ2n) is 8.82. The highest BCUT2D eigenvalue weighted by molar-refractivity contribution is 6.30. The van der Waals surface area contributed by atoms with Gasteiger partial charge in [-0.2, -0.15) is 5.10 Å². The quantitative estimate of drug-likeness (QED) is 0.371. The summed E-state index contributed by atoms with van der Waals surface area (Å²) in [4.78, 5) is 19.9. The molecule has 2 atom stereocenters. The van der Waals surface area contributed by atoms with Gasteiger partial charge in [0.1, 0.15) is 11.3 Å². The molecule has 1 aromatic carbocycles. The number of pyridine rings is 1. The lowest BCUT2D eigenvalue weighted by Crippen LogP contribution is -2.50. The molecule has 6 nitrogen and oxygen atoms in total. The third-order valence-corrected chi connectivity index (χ3v) is 7.10. The van der Waals surface area contributed by atoms with Crippen molar-refractivity contribution >= 4 is 23.2 Å². The second kappa shape index (κ2) is 7.59. The SMILES string of the molecule is Cn1nc2c(c1-c1cc(F)c(F)c(F)c1)C[C@H]1CCC[C@@H]2N1C(=O)c1cnc2cc(Cl)ccn12. The molecule has 10 heteroatoms. The minimum absolute atomic E-state index is 0.102. The Labute approximate surface area is 197 Å². The molecule has 0 radical (unpaired) electrons. The molecule has 1 fully saturated rings. The molecule has 34 heavy (non-hydrogen) atoms. The summed E-state index contributed by atoms with van der Waals surface area (Å²) in [5.74, 6) is -4.14. The van der Waals surface area contributed by atoms with Crippen LogP contribution in [0.3, 0.4) is 0 Å². The molecule has 5 heterocycles. The van der Waals surface area contributed by atoms with E-state index >= 15 is 0 Å². The van der Waals surface area contributed by atoms with E-state index in [1.165, 1.54) is 0 Å². The van der Waals surface area contributed by atoms with Crippen LogP contribution >= 0.6 is 11.6 Å². The molecule has 0 spiro atoms. The molecule has 4 aromatic rings. The van der Waals surface area contributed by atoms with Crippen LogP contribution < -0.4 is 0 Å². The van der Waals surface area contributed by atoms with E-state index in [0.717, 1.165) is 37.0 Å². The van der Waals surface area contributed by atoms with Gasteiger partial charge in [0.05, 0.1) is 23.6 Å². The molecule has 2 aliphatic heterocycles. The topological polar surface area (TPSA) is 55.4 Å². The van der Waals surface area contributed by atoms with Gasteiger partial charge >= 0.3 is 0 Å². The molecule has 0 saturated carbocycles. The fourth-order valence-electron chi connectivity index (χ4n) is 5.45. The van der Waals surface area contributed by atoms with Crippen LogP contribution in [0.25, 0.3) is 16.9 Å². The predicted octanol–water partition coefficient (Wildman–Crippen LogP) is 5.10. The number of halogens is 4. The van der Waals surface area contributed by atoms with E-state index in [1.807, 2.05) is 4.90 Å². The van der Waals surface area contributed by atoms with Crippen molar-refractivity contribution in [2.45, 2.75) is 37.8 Å². The molecule has 1 amide bonds. The van der Waals surface area contributed by atoms with E-state index in [1.54, 1.807) is 40.7 Å². The van der Waals surface area contributed by atoms with Gasteiger partial charge in [-0.05, 0) is 43.9 Å². The smallest absolute Gasteiger partial charge is 0.273 e. The normalized spacial score (nSPS) is 19.5. The third-order valence-electron chi connectivity index (χ3n) is 6.86. The van der Waals surface area contributed by atoms with E-state index < -0.39 is 17.5 Å². The van der Waals surface area contributed by atoms with Crippen molar-refractivity contribution in [3.05, 3.63) is 76.1 Å². The van der Waals surface area contributed by atoms with Crippen molar-refractivity contribution in [2.75, 3.05) is 0 Å². The number of nitrogens with zero attached hydrogens (tertiary/aromatic N) is 5. The number of hydrogen-bond donors (Lipinski definition) is 0. The first-order valence-corrected chi connectivity index (χ1v) is 11.4. The van der Waals surface area contributed by atoms with Gasteiger partial charge in [-0.1, -0.05) is 11.6 Å². The lowest BCUT2D eigenvalue weighted by Gasteiger charge is -2.45. The second-order valence-corrected chi connectivity index (χ2v) is 9.26. The summed E-state index contributed by atoms with van der Waals surface area (Å²) < 4.78 is 44.8. The monoisotopic (exact) mass is 485 g/mol. The number of benzene rings is 1. The standard InChI is InChI=1S/C24H19ClF3N5O/c1-31-23(12-7-16(26)21(28)17(27)8-12)15-10-14-3-2-4-18(22(15)30-31)33(14)24(34)19-11-29-20-9-13(25)5-6-32(19)20/h5-9,11,14,18H,2-4,10H2,1H3/t14-,18+/m1/s1. The minimum atomic E-state index is -1.50. The van der Waals surface area contributed by atoms with Crippen molar-refractivity contribution in [1.82, 2.24) is 24.1 Å². The maximum atomic E-state index is 14.0. The first kappa shape index (κ1) is 21.2. The molecule has 3 aromatic heterocycles. The van der Waals surface area contributed by atoms with E-state index in [2.05, 4.69) is 10.1 Å². The van der Waals surface area contributed by atoms with Gasteiger partial charge in [-0.15, -0.1) is 0 Å². The Hall–Kier alpha value is -3.33. The molecule has 2 aliphatic rings. The maximum absolute atomic E-state index is 14.0. The Balaban J connectivity index is 1.44. The fourth-order valence-corrected chi connectivity index (χ4v) is 5.60. The lowest BCUT2D eigenvalue weighted by atomic mass is 9.81. The highest BCUT2D eigenvalue weighted by Crippen LogP contribution is 2.45. The van der Waals surface area contributed by atoms with Crippen LogP contribution in [0.15, 0.2) is 36.7 Å². The zero-order valence-corrected chi connectivity index (χ0v) is 18.9. The minimum Gasteiger partial charge on any atom is -0.325 e. The fraction of sp³-hybridized carbons (Fsp3) is 0.292. The van der Waals surface area contributed by atoms with Gasteiger partial charge in [0.15, 0.2) is 17.5 Å². The number of hydrogen-bond acceptors (Lipinski definition) is 3. The van der Waals surface area contributed by atoms with Crippen LogP contribution in [0, 0.1) is 17.5 Å². The van der Waals surface area contributed by atoms with Crippen molar-refractivity contribution in [3.8, 4) is 11.3 Å². The van der Waals surface area contributed by atoms with Gasteiger partial charge in [0.25, 0.3) is 5.91 Å². The third kappa shape index (κ3) is 3.06. The van der Waals surface area contributed by atoms with Gasteiger partial charge in [-0.3, -0.25) is 13.9 Å². The number of aryl methyl sites for hydroxylation is 1. The molecule has 1 saturated heterocycles. The van der Waals surface area contributed by atoms with Crippen LogP contribution in [0.2, 0.25) is 5.02 Å². The van der Waals surface area contributed by atoms with E-state index in [9.17, 15) is 18.0 Å². The number of piperidine rings is 1. The Morgan fingerprint density at radius 3 is 2.68 bits per heavy atom. The van der Waals surface area contributed by atoms with Gasteiger partial charge in [0.2, 0.25) is 0 Å². The number of rotatable bonds is 2.